The van der Waals surface area contributed by atoms with Crippen molar-refractivity contribution in [3.63, 3.8) is 0 Å². The summed E-state index contributed by atoms with van der Waals surface area (Å²) in [5.74, 6) is -0.286. The van der Waals surface area contributed by atoms with Gasteiger partial charge in [-0.3, -0.25) is 4.79 Å². The van der Waals surface area contributed by atoms with E-state index in [0.717, 1.165) is 36.8 Å². The highest BCUT2D eigenvalue weighted by molar-refractivity contribution is 9.10. The van der Waals surface area contributed by atoms with Crippen molar-refractivity contribution >= 4 is 54.3 Å². The molecule has 1 amide bonds. The molecular formula is C27H22BrN3O2S. The Bertz CT molecular complexity index is 1560. The number of pyridine rings is 1. The van der Waals surface area contributed by atoms with E-state index in [0.29, 0.717) is 30.1 Å². The van der Waals surface area contributed by atoms with Gasteiger partial charge in [-0.05, 0) is 37.3 Å². The molecule has 34 heavy (non-hydrogen) atoms. The number of hydrogen-bond donors (Lipinski definition) is 0. The Kier molecular flexibility index (Phi) is 6.67. The number of benzene rings is 3. The molecular weight excluding hydrogens is 510 g/mol. The number of hydrogen-bond acceptors (Lipinski definition) is 4. The van der Waals surface area contributed by atoms with Gasteiger partial charge in [0.05, 0.1) is 33.6 Å². The molecule has 5 rings (SSSR count). The number of rotatable bonds is 6. The van der Waals surface area contributed by atoms with Gasteiger partial charge >= 0.3 is 0 Å². The largest absolute Gasteiger partial charge is 0.380 e. The summed E-state index contributed by atoms with van der Waals surface area (Å²) in [5.41, 5.74) is 4.05. The number of ether oxygens (including phenoxy) is 1. The molecule has 0 aliphatic carbocycles. The number of nitrogens with zero attached hydrogens (tertiary/aromatic N) is 3. The van der Waals surface area contributed by atoms with Crippen LogP contribution < -0.4 is 4.80 Å². The summed E-state index contributed by atoms with van der Waals surface area (Å²) in [5, 5.41) is 0.792. The zero-order valence-corrected chi connectivity index (χ0v) is 21.0. The average Bonchev–Trinajstić information content (AvgIpc) is 3.19. The van der Waals surface area contributed by atoms with Crippen LogP contribution in [0.2, 0.25) is 0 Å². The molecule has 2 aromatic heterocycles. The standard InChI is InChI=1S/C27H22BrN3O2S/c1-2-33-15-14-31-24-13-12-19(28)16-25(24)34-27(31)30-26(32)21-17-23(18-8-4-3-5-9-18)29-22-11-7-6-10-20(21)22/h3-13,16-17H,2,14-15H2,1H3. The molecule has 5 aromatic rings. The third kappa shape index (κ3) is 4.59. The number of para-hydroxylation sites is 1. The Morgan fingerprint density at radius 3 is 2.68 bits per heavy atom. The smallest absolute Gasteiger partial charge is 0.280 e. The first-order chi connectivity index (χ1) is 16.6. The predicted molar refractivity (Wildman–Crippen MR) is 141 cm³/mol. The van der Waals surface area contributed by atoms with E-state index in [1.54, 1.807) is 0 Å². The van der Waals surface area contributed by atoms with Gasteiger partial charge in [-0.2, -0.15) is 4.99 Å². The molecule has 0 aliphatic rings. The number of carbonyl (C=O) groups is 1. The SMILES string of the molecule is CCOCCn1c(=NC(=O)c2cc(-c3ccccc3)nc3ccccc23)sc2cc(Br)ccc21. The normalized spacial score (nSPS) is 12.0. The lowest BCUT2D eigenvalue weighted by molar-refractivity contribution is 0.0998. The van der Waals surface area contributed by atoms with Gasteiger partial charge in [0.25, 0.3) is 5.91 Å². The summed E-state index contributed by atoms with van der Waals surface area (Å²) in [6, 6.07) is 25.5. The van der Waals surface area contributed by atoms with E-state index in [2.05, 4.69) is 31.6 Å². The van der Waals surface area contributed by atoms with Crippen LogP contribution in [0.4, 0.5) is 0 Å². The van der Waals surface area contributed by atoms with E-state index in [1.165, 1.54) is 11.3 Å². The molecule has 0 unspecified atom stereocenters. The van der Waals surface area contributed by atoms with Crippen molar-refractivity contribution in [1.82, 2.24) is 9.55 Å². The zero-order chi connectivity index (χ0) is 23.5. The molecule has 2 heterocycles. The fourth-order valence-electron chi connectivity index (χ4n) is 3.90. The molecule has 0 atom stereocenters. The van der Waals surface area contributed by atoms with Crippen LogP contribution in [-0.2, 0) is 11.3 Å². The third-order valence-electron chi connectivity index (χ3n) is 5.52. The fourth-order valence-corrected chi connectivity index (χ4v) is 5.51. The van der Waals surface area contributed by atoms with Crippen LogP contribution in [-0.4, -0.2) is 28.7 Å². The van der Waals surface area contributed by atoms with Crippen molar-refractivity contribution in [1.29, 1.82) is 0 Å². The molecule has 0 spiro atoms. The van der Waals surface area contributed by atoms with Crippen molar-refractivity contribution in [2.75, 3.05) is 13.2 Å². The fraction of sp³-hybridized carbons (Fsp3) is 0.148. The van der Waals surface area contributed by atoms with Gasteiger partial charge in [0.2, 0.25) is 0 Å². The molecule has 0 N–H and O–H groups in total. The van der Waals surface area contributed by atoms with E-state index < -0.39 is 0 Å². The zero-order valence-electron chi connectivity index (χ0n) is 18.6. The van der Waals surface area contributed by atoms with Crippen LogP contribution >= 0.6 is 27.3 Å². The van der Waals surface area contributed by atoms with Crippen LogP contribution in [0.3, 0.4) is 0 Å². The highest BCUT2D eigenvalue weighted by atomic mass is 79.9. The van der Waals surface area contributed by atoms with Crippen LogP contribution in [0, 0.1) is 0 Å². The Hall–Kier alpha value is -3.13. The summed E-state index contributed by atoms with van der Waals surface area (Å²) < 4.78 is 9.69. The molecule has 7 heteroatoms. The summed E-state index contributed by atoms with van der Waals surface area (Å²) in [6.07, 6.45) is 0. The minimum absolute atomic E-state index is 0.286. The Balaban J connectivity index is 1.66. The summed E-state index contributed by atoms with van der Waals surface area (Å²) >= 11 is 5.04. The maximum Gasteiger partial charge on any atom is 0.280 e. The van der Waals surface area contributed by atoms with E-state index in [-0.39, 0.29) is 5.91 Å². The minimum Gasteiger partial charge on any atom is -0.380 e. The lowest BCUT2D eigenvalue weighted by atomic mass is 10.0. The maximum absolute atomic E-state index is 13.6. The summed E-state index contributed by atoms with van der Waals surface area (Å²) in [4.78, 5) is 23.6. The number of fused-ring (bicyclic) bond motifs is 2. The number of carbonyl (C=O) groups excluding carboxylic acids is 1. The number of aromatic nitrogens is 2. The van der Waals surface area contributed by atoms with Crippen molar-refractivity contribution in [3.8, 4) is 11.3 Å². The number of thiazole rings is 1. The van der Waals surface area contributed by atoms with Gasteiger partial charge in [0, 0.05) is 28.6 Å². The molecule has 0 fully saturated rings. The molecule has 0 radical (unpaired) electrons. The Morgan fingerprint density at radius 1 is 1.06 bits per heavy atom. The molecule has 0 saturated carbocycles. The quantitative estimate of drug-likeness (QED) is 0.236. The lowest BCUT2D eigenvalue weighted by Crippen LogP contribution is -2.20. The van der Waals surface area contributed by atoms with Gasteiger partial charge in [-0.25, -0.2) is 4.98 Å². The van der Waals surface area contributed by atoms with E-state index >= 15 is 0 Å². The number of amides is 1. The minimum atomic E-state index is -0.286. The van der Waals surface area contributed by atoms with Crippen molar-refractivity contribution in [2.24, 2.45) is 4.99 Å². The lowest BCUT2D eigenvalue weighted by Gasteiger charge is -2.08. The number of halogens is 1. The van der Waals surface area contributed by atoms with Crippen LogP contribution in [0.25, 0.3) is 32.4 Å². The summed E-state index contributed by atoms with van der Waals surface area (Å²) in [6.45, 7) is 3.79. The molecule has 170 valence electrons. The van der Waals surface area contributed by atoms with Gasteiger partial charge in [0.15, 0.2) is 4.80 Å². The monoisotopic (exact) mass is 531 g/mol. The Morgan fingerprint density at radius 2 is 1.85 bits per heavy atom. The van der Waals surface area contributed by atoms with Crippen molar-refractivity contribution < 1.29 is 9.53 Å². The topological polar surface area (TPSA) is 56.5 Å². The predicted octanol–water partition coefficient (Wildman–Crippen LogP) is 6.46. The summed E-state index contributed by atoms with van der Waals surface area (Å²) in [7, 11) is 0. The van der Waals surface area contributed by atoms with Gasteiger partial charge < -0.3 is 9.30 Å². The Labute approximate surface area is 209 Å². The molecule has 0 saturated heterocycles. The first-order valence-electron chi connectivity index (χ1n) is 11.0. The first-order valence-corrected chi connectivity index (χ1v) is 12.7. The molecule has 5 nitrogen and oxygen atoms in total. The van der Waals surface area contributed by atoms with Gasteiger partial charge in [0.1, 0.15) is 0 Å². The van der Waals surface area contributed by atoms with Gasteiger partial charge in [-0.15, -0.1) is 0 Å². The second-order valence-electron chi connectivity index (χ2n) is 7.70. The maximum atomic E-state index is 13.6. The first kappa shape index (κ1) is 22.7. The molecule has 0 bridgehead atoms. The van der Waals surface area contributed by atoms with Crippen LogP contribution in [0.1, 0.15) is 17.3 Å². The third-order valence-corrected chi connectivity index (χ3v) is 7.06. The van der Waals surface area contributed by atoms with Crippen LogP contribution in [0.15, 0.2) is 88.3 Å². The van der Waals surface area contributed by atoms with E-state index in [4.69, 9.17) is 9.72 Å². The van der Waals surface area contributed by atoms with Crippen LogP contribution in [0.5, 0.6) is 0 Å². The average molecular weight is 532 g/mol. The van der Waals surface area contributed by atoms with Crippen molar-refractivity contribution in [3.05, 3.63) is 93.7 Å². The van der Waals surface area contributed by atoms with E-state index in [1.807, 2.05) is 79.7 Å². The highest BCUT2D eigenvalue weighted by Gasteiger charge is 2.15. The van der Waals surface area contributed by atoms with Gasteiger partial charge in [-0.1, -0.05) is 75.8 Å². The highest BCUT2D eigenvalue weighted by Crippen LogP contribution is 2.26. The van der Waals surface area contributed by atoms with E-state index in [9.17, 15) is 4.79 Å². The molecule has 0 aliphatic heterocycles. The second-order valence-corrected chi connectivity index (χ2v) is 9.63. The second kappa shape index (κ2) is 10.0. The molecule has 3 aromatic carbocycles. The van der Waals surface area contributed by atoms with Crippen molar-refractivity contribution in [2.45, 2.75) is 13.5 Å².